The summed E-state index contributed by atoms with van der Waals surface area (Å²) in [6.07, 6.45) is 7.68. The first-order valence-electron chi connectivity index (χ1n) is 9.49. The molecule has 0 saturated heterocycles. The molecule has 0 aliphatic heterocycles. The molecule has 1 heterocycles. The van der Waals surface area contributed by atoms with Gasteiger partial charge in [0.05, 0.1) is 24.2 Å². The van der Waals surface area contributed by atoms with Crippen LogP contribution in [0.1, 0.15) is 37.6 Å². The molecule has 0 fully saturated rings. The lowest BCUT2D eigenvalue weighted by Crippen LogP contribution is -2.23. The van der Waals surface area contributed by atoms with Gasteiger partial charge in [-0.15, -0.1) is 6.42 Å². The largest absolute Gasteiger partial charge is 0.493 e. The summed E-state index contributed by atoms with van der Waals surface area (Å²) in [5, 5.41) is 4.97. The summed E-state index contributed by atoms with van der Waals surface area (Å²) in [7, 11) is 1.55. The molecular weight excluding hydrogens is 446 g/mol. The van der Waals surface area contributed by atoms with Crippen molar-refractivity contribution in [3.8, 4) is 23.8 Å². The second-order valence-electron chi connectivity index (χ2n) is 6.71. The van der Waals surface area contributed by atoms with Gasteiger partial charge in [0, 0.05) is 10.4 Å². The summed E-state index contributed by atoms with van der Waals surface area (Å²) in [6, 6.07) is 10.8. The molecule has 0 N–H and O–H groups in total. The predicted octanol–water partition coefficient (Wildman–Crippen LogP) is 4.58. The number of methoxy groups -OCH3 is 1. The van der Waals surface area contributed by atoms with Crippen LogP contribution in [0.3, 0.4) is 0 Å². The summed E-state index contributed by atoms with van der Waals surface area (Å²) < 4.78 is 13.0. The van der Waals surface area contributed by atoms with Gasteiger partial charge in [0.2, 0.25) is 0 Å². The van der Waals surface area contributed by atoms with Crippen LogP contribution in [-0.2, 0) is 0 Å². The van der Waals surface area contributed by atoms with E-state index in [2.05, 4.69) is 33.9 Å². The topological polar surface area (TPSA) is 65.7 Å². The molecule has 0 radical (unpaired) electrons. The van der Waals surface area contributed by atoms with Crippen LogP contribution >= 0.6 is 15.9 Å². The van der Waals surface area contributed by atoms with E-state index in [1.165, 1.54) is 4.68 Å². The monoisotopic (exact) mass is 467 g/mol. The van der Waals surface area contributed by atoms with Gasteiger partial charge in [-0.25, -0.2) is 4.98 Å². The zero-order valence-electron chi connectivity index (χ0n) is 17.1. The molecule has 1 atom stereocenters. The molecule has 0 bridgehead atoms. The minimum Gasteiger partial charge on any atom is -0.493 e. The maximum Gasteiger partial charge on any atom is 0.282 e. The minimum absolute atomic E-state index is 0.0666. The fourth-order valence-electron chi connectivity index (χ4n) is 2.91. The third-order valence-electron chi connectivity index (χ3n) is 4.71. The van der Waals surface area contributed by atoms with Gasteiger partial charge in [0.25, 0.3) is 5.56 Å². The molecule has 6 nitrogen and oxygen atoms in total. The Kier molecular flexibility index (Phi) is 6.91. The highest BCUT2D eigenvalue weighted by molar-refractivity contribution is 9.10. The third-order valence-corrected chi connectivity index (χ3v) is 5.20. The Labute approximate surface area is 183 Å². The van der Waals surface area contributed by atoms with Crippen molar-refractivity contribution in [1.29, 1.82) is 0 Å². The summed E-state index contributed by atoms with van der Waals surface area (Å²) in [5.41, 5.74) is 1.19. The molecule has 154 valence electrons. The molecule has 0 aliphatic rings. The number of hydrogen-bond acceptors (Lipinski definition) is 5. The van der Waals surface area contributed by atoms with Gasteiger partial charge in [0.1, 0.15) is 12.4 Å². The van der Waals surface area contributed by atoms with E-state index in [9.17, 15) is 4.79 Å². The van der Waals surface area contributed by atoms with E-state index in [1.54, 1.807) is 31.5 Å². The van der Waals surface area contributed by atoms with Crippen LogP contribution in [0, 0.1) is 12.3 Å². The van der Waals surface area contributed by atoms with Crippen molar-refractivity contribution in [3.63, 3.8) is 0 Å². The number of nitrogens with zero attached hydrogens (tertiary/aromatic N) is 3. The molecule has 0 unspecified atom stereocenters. The Bertz CT molecular complexity index is 1190. The first-order valence-corrected chi connectivity index (χ1v) is 10.3. The van der Waals surface area contributed by atoms with E-state index < -0.39 is 0 Å². The fraction of sp³-hybridized carbons (Fsp3) is 0.261. The first kappa shape index (κ1) is 21.6. The molecule has 3 aromatic rings. The van der Waals surface area contributed by atoms with Crippen LogP contribution < -0.4 is 15.0 Å². The van der Waals surface area contributed by atoms with E-state index in [-0.39, 0.29) is 18.1 Å². The zero-order valence-corrected chi connectivity index (χ0v) is 18.6. The van der Waals surface area contributed by atoms with E-state index in [0.717, 1.165) is 16.5 Å². The van der Waals surface area contributed by atoms with Crippen molar-refractivity contribution in [2.75, 3.05) is 13.7 Å². The molecule has 2 aromatic carbocycles. The van der Waals surface area contributed by atoms with Gasteiger partial charge in [-0.3, -0.25) is 4.79 Å². The van der Waals surface area contributed by atoms with Gasteiger partial charge in [-0.05, 0) is 48.4 Å². The van der Waals surface area contributed by atoms with Crippen molar-refractivity contribution >= 4 is 33.0 Å². The third kappa shape index (κ3) is 4.55. The van der Waals surface area contributed by atoms with Gasteiger partial charge in [0.15, 0.2) is 11.5 Å². The molecule has 1 aromatic heterocycles. The van der Waals surface area contributed by atoms with E-state index in [1.807, 2.05) is 25.1 Å². The molecule has 3 rings (SSSR count). The number of terminal acetylenes is 1. The van der Waals surface area contributed by atoms with Crippen molar-refractivity contribution in [1.82, 2.24) is 9.66 Å². The molecule has 0 spiro atoms. The molecular formula is C23H22BrN3O3. The lowest BCUT2D eigenvalue weighted by Gasteiger charge is -2.14. The van der Waals surface area contributed by atoms with Crippen LogP contribution in [-0.4, -0.2) is 29.6 Å². The molecule has 0 aliphatic carbocycles. The Morgan fingerprint density at radius 3 is 2.80 bits per heavy atom. The summed E-state index contributed by atoms with van der Waals surface area (Å²) >= 11 is 3.42. The molecule has 0 saturated carbocycles. The Hall–Kier alpha value is -3.11. The van der Waals surface area contributed by atoms with Crippen LogP contribution in [0.15, 0.2) is 50.8 Å². The quantitative estimate of drug-likeness (QED) is 0.376. The molecule has 7 heteroatoms. The van der Waals surface area contributed by atoms with E-state index in [0.29, 0.717) is 28.2 Å². The average Bonchev–Trinajstić information content (AvgIpc) is 2.76. The maximum absolute atomic E-state index is 13.2. The second kappa shape index (κ2) is 9.59. The highest BCUT2D eigenvalue weighted by Crippen LogP contribution is 2.27. The number of ether oxygens (including phenoxy) is 2. The SMILES string of the molecule is C#CCOc1ccc(C=Nn2c([C@@H](C)CC)nc3ccc(Br)cc3c2=O)cc1OC. The summed E-state index contributed by atoms with van der Waals surface area (Å²) in [5.74, 6) is 4.19. The van der Waals surface area contributed by atoms with Crippen LogP contribution in [0.2, 0.25) is 0 Å². The van der Waals surface area contributed by atoms with Crippen LogP contribution in [0.25, 0.3) is 10.9 Å². The minimum atomic E-state index is -0.214. The van der Waals surface area contributed by atoms with Crippen LogP contribution in [0.4, 0.5) is 0 Å². The van der Waals surface area contributed by atoms with Gasteiger partial charge in [-0.2, -0.15) is 9.78 Å². The van der Waals surface area contributed by atoms with Crippen molar-refractivity contribution in [2.24, 2.45) is 5.10 Å². The lowest BCUT2D eigenvalue weighted by molar-refractivity contribution is 0.331. The molecule has 0 amide bonds. The van der Waals surface area contributed by atoms with E-state index >= 15 is 0 Å². The Balaban J connectivity index is 2.08. The normalized spacial score (nSPS) is 12.1. The number of halogens is 1. The number of benzene rings is 2. The predicted molar refractivity (Wildman–Crippen MR) is 123 cm³/mol. The van der Waals surface area contributed by atoms with Crippen molar-refractivity contribution < 1.29 is 9.47 Å². The number of rotatable bonds is 7. The van der Waals surface area contributed by atoms with Gasteiger partial charge in [-0.1, -0.05) is 35.7 Å². The highest BCUT2D eigenvalue weighted by atomic mass is 79.9. The standard InChI is InChI=1S/C23H22BrN3O3/c1-5-11-30-20-10-7-16(12-21(20)29-4)14-25-27-22(15(3)6-2)26-19-9-8-17(24)13-18(19)23(27)28/h1,7-10,12-15H,6,11H2,2-4H3/t15-/m0/s1. The average molecular weight is 468 g/mol. The molecule has 30 heavy (non-hydrogen) atoms. The summed E-state index contributed by atoms with van der Waals surface area (Å²) in [6.45, 7) is 4.23. The van der Waals surface area contributed by atoms with Gasteiger partial charge >= 0.3 is 0 Å². The number of hydrogen-bond donors (Lipinski definition) is 0. The van der Waals surface area contributed by atoms with E-state index in [4.69, 9.17) is 20.9 Å². The Morgan fingerprint density at radius 2 is 2.10 bits per heavy atom. The highest BCUT2D eigenvalue weighted by Gasteiger charge is 2.15. The lowest BCUT2D eigenvalue weighted by atomic mass is 10.1. The zero-order chi connectivity index (χ0) is 21.7. The second-order valence-corrected chi connectivity index (χ2v) is 7.62. The fourth-order valence-corrected chi connectivity index (χ4v) is 3.27. The van der Waals surface area contributed by atoms with Crippen molar-refractivity contribution in [2.45, 2.75) is 26.2 Å². The Morgan fingerprint density at radius 1 is 1.30 bits per heavy atom. The van der Waals surface area contributed by atoms with Gasteiger partial charge < -0.3 is 9.47 Å². The number of fused-ring (bicyclic) bond motifs is 1. The smallest absolute Gasteiger partial charge is 0.282 e. The first-order chi connectivity index (χ1) is 14.5. The summed E-state index contributed by atoms with van der Waals surface area (Å²) in [4.78, 5) is 17.9. The van der Waals surface area contributed by atoms with Crippen molar-refractivity contribution in [3.05, 3.63) is 62.6 Å². The maximum atomic E-state index is 13.2. The number of aromatic nitrogens is 2. The van der Waals surface area contributed by atoms with Crippen LogP contribution in [0.5, 0.6) is 11.5 Å².